The van der Waals surface area contributed by atoms with Gasteiger partial charge in [-0.25, -0.2) is 9.79 Å². The van der Waals surface area contributed by atoms with Crippen molar-refractivity contribution in [1.29, 1.82) is 0 Å². The predicted octanol–water partition coefficient (Wildman–Crippen LogP) is 4.72. The Morgan fingerprint density at radius 3 is 2.32 bits per heavy atom. The summed E-state index contributed by atoms with van der Waals surface area (Å²) < 4.78 is 44.0. The van der Waals surface area contributed by atoms with E-state index in [9.17, 15) is 18.0 Å². The molecule has 0 bridgehead atoms. The molecule has 0 fully saturated rings. The fourth-order valence-electron chi connectivity index (χ4n) is 2.26. The summed E-state index contributed by atoms with van der Waals surface area (Å²) in [5, 5.41) is 0. The maximum Gasteiger partial charge on any atom is 0.416 e. The molecule has 25 heavy (non-hydrogen) atoms. The van der Waals surface area contributed by atoms with Gasteiger partial charge in [0.2, 0.25) is 5.90 Å². The van der Waals surface area contributed by atoms with Gasteiger partial charge in [-0.05, 0) is 29.3 Å². The maximum atomic E-state index is 13.0. The molecule has 0 radical (unpaired) electrons. The van der Waals surface area contributed by atoms with Crippen LogP contribution in [0.25, 0.3) is 12.2 Å². The van der Waals surface area contributed by atoms with Crippen molar-refractivity contribution < 1.29 is 22.7 Å². The molecule has 0 N–H and O–H groups in total. The minimum absolute atomic E-state index is 0.0320. The van der Waals surface area contributed by atoms with Gasteiger partial charge in [0, 0.05) is 6.08 Å². The van der Waals surface area contributed by atoms with Crippen molar-refractivity contribution in [3.05, 3.63) is 83.1 Å². The second-order valence-corrected chi connectivity index (χ2v) is 5.20. The minimum Gasteiger partial charge on any atom is -0.403 e. The van der Waals surface area contributed by atoms with Crippen molar-refractivity contribution in [3.63, 3.8) is 0 Å². The van der Waals surface area contributed by atoms with Crippen LogP contribution in [-0.2, 0) is 15.7 Å². The SMILES string of the molecule is O=C1OC(/C=C/c2ccccc2)=NC/1=C/c1ccccc1C(F)(F)F. The third kappa shape index (κ3) is 4.03. The summed E-state index contributed by atoms with van der Waals surface area (Å²) >= 11 is 0. The second kappa shape index (κ2) is 6.76. The molecule has 1 heterocycles. The van der Waals surface area contributed by atoms with Gasteiger partial charge in [-0.3, -0.25) is 0 Å². The number of carbonyl (C=O) groups excluding carboxylic acids is 1. The summed E-state index contributed by atoms with van der Waals surface area (Å²) in [5.74, 6) is -0.755. The summed E-state index contributed by atoms with van der Waals surface area (Å²) in [6, 6.07) is 14.2. The number of hydrogen-bond acceptors (Lipinski definition) is 3. The van der Waals surface area contributed by atoms with Crippen LogP contribution in [0.4, 0.5) is 13.2 Å². The lowest BCUT2D eigenvalue weighted by atomic mass is 10.1. The molecule has 0 aromatic heterocycles. The summed E-state index contributed by atoms with van der Waals surface area (Å²) in [4.78, 5) is 15.8. The summed E-state index contributed by atoms with van der Waals surface area (Å²) in [6.45, 7) is 0. The normalized spacial score (nSPS) is 16.4. The van der Waals surface area contributed by atoms with Crippen LogP contribution in [-0.4, -0.2) is 11.9 Å². The van der Waals surface area contributed by atoms with E-state index >= 15 is 0 Å². The Morgan fingerprint density at radius 2 is 1.60 bits per heavy atom. The van der Waals surface area contributed by atoms with Crippen molar-refractivity contribution in [2.75, 3.05) is 0 Å². The Balaban J connectivity index is 1.88. The van der Waals surface area contributed by atoms with Gasteiger partial charge in [0.1, 0.15) is 0 Å². The van der Waals surface area contributed by atoms with Crippen LogP contribution >= 0.6 is 0 Å². The average Bonchev–Trinajstić information content (AvgIpc) is 2.93. The highest BCUT2D eigenvalue weighted by Crippen LogP contribution is 2.33. The Hall–Kier alpha value is -3.15. The maximum absolute atomic E-state index is 13.0. The summed E-state index contributed by atoms with van der Waals surface area (Å²) in [5.41, 5.74) is -0.275. The highest BCUT2D eigenvalue weighted by Gasteiger charge is 2.33. The van der Waals surface area contributed by atoms with E-state index in [1.165, 1.54) is 24.3 Å². The first-order valence-electron chi connectivity index (χ1n) is 7.35. The van der Waals surface area contributed by atoms with Gasteiger partial charge in [-0.2, -0.15) is 13.2 Å². The number of cyclic esters (lactones) is 1. The number of halogens is 3. The molecule has 0 atom stereocenters. The number of benzene rings is 2. The summed E-state index contributed by atoms with van der Waals surface area (Å²) in [7, 11) is 0. The highest BCUT2D eigenvalue weighted by atomic mass is 19.4. The van der Waals surface area contributed by atoms with Crippen LogP contribution in [0.5, 0.6) is 0 Å². The number of nitrogens with zero attached hydrogens (tertiary/aromatic N) is 1. The second-order valence-electron chi connectivity index (χ2n) is 5.20. The lowest BCUT2D eigenvalue weighted by Gasteiger charge is -2.09. The smallest absolute Gasteiger partial charge is 0.403 e. The van der Waals surface area contributed by atoms with Crippen LogP contribution in [0.15, 0.2) is 71.4 Å². The first-order chi connectivity index (χ1) is 11.9. The van der Waals surface area contributed by atoms with Crippen molar-refractivity contribution in [2.45, 2.75) is 6.18 Å². The molecule has 0 amide bonds. The molecule has 0 unspecified atom stereocenters. The minimum atomic E-state index is -4.52. The summed E-state index contributed by atoms with van der Waals surface area (Å²) in [6.07, 6.45) is -0.257. The monoisotopic (exact) mass is 343 g/mol. The van der Waals surface area contributed by atoms with Crippen molar-refractivity contribution >= 4 is 24.0 Å². The van der Waals surface area contributed by atoms with E-state index < -0.39 is 17.7 Å². The number of alkyl halides is 3. The van der Waals surface area contributed by atoms with E-state index in [0.29, 0.717) is 0 Å². The highest BCUT2D eigenvalue weighted by molar-refractivity contribution is 6.11. The molecule has 126 valence electrons. The molecule has 0 aliphatic carbocycles. The number of esters is 1. The van der Waals surface area contributed by atoms with Crippen LogP contribution in [0.2, 0.25) is 0 Å². The molecular formula is C19H12F3NO2. The third-order valence-corrected chi connectivity index (χ3v) is 3.41. The lowest BCUT2D eigenvalue weighted by Crippen LogP contribution is -2.07. The van der Waals surface area contributed by atoms with Crippen molar-refractivity contribution in [3.8, 4) is 0 Å². The first kappa shape index (κ1) is 16.7. The number of ether oxygens (including phenoxy) is 1. The number of aliphatic imine (C=N–C) groups is 1. The van der Waals surface area contributed by atoms with Crippen LogP contribution in [0.3, 0.4) is 0 Å². The Kier molecular flexibility index (Phi) is 4.52. The zero-order chi connectivity index (χ0) is 17.9. The standard InChI is InChI=1S/C19H12F3NO2/c20-19(21,22)15-9-5-4-8-14(15)12-16-18(24)25-17(23-16)11-10-13-6-2-1-3-7-13/h1-12H/b11-10+,16-12+. The first-order valence-corrected chi connectivity index (χ1v) is 7.35. The molecule has 0 saturated heterocycles. The van der Waals surface area contributed by atoms with Crippen molar-refractivity contribution in [1.82, 2.24) is 0 Å². The topological polar surface area (TPSA) is 38.7 Å². The van der Waals surface area contributed by atoms with Gasteiger partial charge in [0.05, 0.1) is 5.56 Å². The molecule has 2 aromatic rings. The molecular weight excluding hydrogens is 331 g/mol. The van der Waals surface area contributed by atoms with Gasteiger partial charge in [-0.1, -0.05) is 48.5 Å². The number of rotatable bonds is 3. The van der Waals surface area contributed by atoms with Crippen molar-refractivity contribution in [2.24, 2.45) is 4.99 Å². The quantitative estimate of drug-likeness (QED) is 0.598. The van der Waals surface area contributed by atoms with Crippen LogP contribution in [0, 0.1) is 0 Å². The Morgan fingerprint density at radius 1 is 0.920 bits per heavy atom. The molecule has 2 aromatic carbocycles. The Labute approximate surface area is 141 Å². The molecule has 3 rings (SSSR count). The van der Waals surface area contributed by atoms with E-state index in [4.69, 9.17) is 4.74 Å². The fraction of sp³-hybridized carbons (Fsp3) is 0.0526. The zero-order valence-corrected chi connectivity index (χ0v) is 12.8. The van der Waals surface area contributed by atoms with Crippen LogP contribution in [0.1, 0.15) is 16.7 Å². The average molecular weight is 343 g/mol. The molecule has 0 saturated carbocycles. The Bertz CT molecular complexity index is 881. The fourth-order valence-corrected chi connectivity index (χ4v) is 2.26. The van der Waals surface area contributed by atoms with E-state index in [0.717, 1.165) is 17.7 Å². The largest absolute Gasteiger partial charge is 0.416 e. The van der Waals surface area contributed by atoms with Gasteiger partial charge in [0.15, 0.2) is 5.70 Å². The van der Waals surface area contributed by atoms with Gasteiger partial charge in [-0.15, -0.1) is 0 Å². The molecule has 6 heteroatoms. The zero-order valence-electron chi connectivity index (χ0n) is 12.8. The van der Waals surface area contributed by atoms with Gasteiger partial charge < -0.3 is 4.74 Å². The predicted molar refractivity (Wildman–Crippen MR) is 88.4 cm³/mol. The van der Waals surface area contributed by atoms with Crippen LogP contribution < -0.4 is 0 Å². The van der Waals surface area contributed by atoms with Gasteiger partial charge in [0.25, 0.3) is 0 Å². The molecule has 1 aliphatic rings. The molecule has 3 nitrogen and oxygen atoms in total. The molecule has 0 spiro atoms. The number of hydrogen-bond donors (Lipinski definition) is 0. The van der Waals surface area contributed by atoms with E-state index in [2.05, 4.69) is 4.99 Å². The number of carbonyl (C=O) groups is 1. The van der Waals surface area contributed by atoms with E-state index in [1.807, 2.05) is 30.3 Å². The van der Waals surface area contributed by atoms with E-state index in [1.54, 1.807) is 6.08 Å². The third-order valence-electron chi connectivity index (χ3n) is 3.41. The lowest BCUT2D eigenvalue weighted by molar-refractivity contribution is -0.137. The molecule has 1 aliphatic heterocycles. The van der Waals surface area contributed by atoms with E-state index in [-0.39, 0.29) is 17.2 Å². The van der Waals surface area contributed by atoms with Gasteiger partial charge >= 0.3 is 12.1 Å².